The summed E-state index contributed by atoms with van der Waals surface area (Å²) in [5.41, 5.74) is 2.63. The fraction of sp³-hybridized carbons (Fsp3) is 0.391. The monoisotopic (exact) mass is 457 g/mol. The maximum Gasteiger partial charge on any atom is 0.279 e. The van der Waals surface area contributed by atoms with E-state index in [9.17, 15) is 13.2 Å². The lowest BCUT2D eigenvalue weighted by atomic mass is 10.2. The van der Waals surface area contributed by atoms with Gasteiger partial charge in [-0.1, -0.05) is 30.7 Å². The van der Waals surface area contributed by atoms with E-state index in [1.807, 2.05) is 6.92 Å². The number of thiazole rings is 1. The Morgan fingerprint density at radius 3 is 2.45 bits per heavy atom. The summed E-state index contributed by atoms with van der Waals surface area (Å²) in [6, 6.07) is 12.4. The third-order valence-electron chi connectivity index (χ3n) is 5.54. The Labute approximate surface area is 186 Å². The van der Waals surface area contributed by atoms with E-state index in [0.29, 0.717) is 23.5 Å². The van der Waals surface area contributed by atoms with Gasteiger partial charge in [-0.15, -0.1) is 0 Å². The van der Waals surface area contributed by atoms with Crippen molar-refractivity contribution in [1.82, 2.24) is 8.87 Å². The first-order valence-corrected chi connectivity index (χ1v) is 12.9. The minimum absolute atomic E-state index is 0.226. The van der Waals surface area contributed by atoms with E-state index >= 15 is 0 Å². The van der Waals surface area contributed by atoms with Crippen molar-refractivity contribution in [1.29, 1.82) is 0 Å². The molecule has 0 unspecified atom stereocenters. The van der Waals surface area contributed by atoms with Gasteiger partial charge in [0.1, 0.15) is 0 Å². The van der Waals surface area contributed by atoms with Crippen molar-refractivity contribution in [2.24, 2.45) is 4.99 Å². The van der Waals surface area contributed by atoms with E-state index in [0.717, 1.165) is 42.4 Å². The number of hydrogen-bond acceptors (Lipinski definition) is 4. The van der Waals surface area contributed by atoms with Crippen molar-refractivity contribution in [2.75, 3.05) is 13.1 Å². The minimum Gasteiger partial charge on any atom is -0.316 e. The average molecular weight is 458 g/mol. The molecule has 164 valence electrons. The molecule has 0 aliphatic carbocycles. The van der Waals surface area contributed by atoms with Crippen LogP contribution >= 0.6 is 11.3 Å². The highest BCUT2D eigenvalue weighted by atomic mass is 32.2. The number of carbonyl (C=O) groups is 1. The number of aromatic nitrogens is 1. The topological polar surface area (TPSA) is 71.7 Å². The zero-order chi connectivity index (χ0) is 22.0. The third kappa shape index (κ3) is 4.51. The van der Waals surface area contributed by atoms with E-state index in [-0.39, 0.29) is 10.8 Å². The largest absolute Gasteiger partial charge is 0.316 e. The van der Waals surface area contributed by atoms with Crippen molar-refractivity contribution < 1.29 is 13.2 Å². The molecule has 0 bridgehead atoms. The summed E-state index contributed by atoms with van der Waals surface area (Å²) in [5, 5.41) is 0. The maximum absolute atomic E-state index is 12.8. The SMILES string of the molecule is CCCn1c(=NC(=O)c2ccc(S(=O)(=O)N3CCCCC3)cc2)sc2cc(C)ccc21. The Balaban J connectivity index is 1.65. The normalized spacial score (nSPS) is 16.1. The summed E-state index contributed by atoms with van der Waals surface area (Å²) in [6.45, 7) is 6.03. The number of aryl methyl sites for hydroxylation is 2. The number of carbonyl (C=O) groups excluding carboxylic acids is 1. The van der Waals surface area contributed by atoms with Gasteiger partial charge in [-0.25, -0.2) is 8.42 Å². The number of fused-ring (bicyclic) bond motifs is 1. The molecule has 1 aliphatic rings. The van der Waals surface area contributed by atoms with E-state index in [1.54, 1.807) is 12.1 Å². The number of piperidine rings is 1. The van der Waals surface area contributed by atoms with Gasteiger partial charge in [-0.2, -0.15) is 9.30 Å². The molecule has 31 heavy (non-hydrogen) atoms. The highest BCUT2D eigenvalue weighted by Crippen LogP contribution is 2.22. The molecule has 0 atom stereocenters. The molecule has 2 aromatic carbocycles. The van der Waals surface area contributed by atoms with Gasteiger partial charge in [0.25, 0.3) is 5.91 Å². The molecule has 8 heteroatoms. The third-order valence-corrected chi connectivity index (χ3v) is 8.49. The quantitative estimate of drug-likeness (QED) is 0.572. The van der Waals surface area contributed by atoms with Crippen LogP contribution < -0.4 is 4.80 Å². The van der Waals surface area contributed by atoms with E-state index < -0.39 is 10.0 Å². The Hall–Kier alpha value is -2.29. The summed E-state index contributed by atoms with van der Waals surface area (Å²) < 4.78 is 30.3. The molecule has 0 radical (unpaired) electrons. The fourth-order valence-electron chi connectivity index (χ4n) is 3.88. The van der Waals surface area contributed by atoms with Crippen LogP contribution in [0, 0.1) is 6.92 Å². The van der Waals surface area contributed by atoms with Gasteiger partial charge in [0.15, 0.2) is 4.80 Å². The molecule has 1 fully saturated rings. The second kappa shape index (κ2) is 9.06. The lowest BCUT2D eigenvalue weighted by Gasteiger charge is -2.25. The van der Waals surface area contributed by atoms with Gasteiger partial charge < -0.3 is 4.57 Å². The smallest absolute Gasteiger partial charge is 0.279 e. The van der Waals surface area contributed by atoms with Crippen LogP contribution in [0.25, 0.3) is 10.2 Å². The summed E-state index contributed by atoms with van der Waals surface area (Å²) in [5.74, 6) is -0.366. The molecule has 0 saturated carbocycles. The molecule has 3 aromatic rings. The molecule has 0 spiro atoms. The number of hydrogen-bond donors (Lipinski definition) is 0. The van der Waals surface area contributed by atoms with E-state index in [4.69, 9.17) is 0 Å². The average Bonchev–Trinajstić information content (AvgIpc) is 3.10. The van der Waals surface area contributed by atoms with Crippen LogP contribution in [0.4, 0.5) is 0 Å². The van der Waals surface area contributed by atoms with Gasteiger partial charge in [0.2, 0.25) is 10.0 Å². The van der Waals surface area contributed by atoms with Crippen LogP contribution in [0.3, 0.4) is 0 Å². The van der Waals surface area contributed by atoms with E-state index in [1.165, 1.54) is 33.3 Å². The first kappa shape index (κ1) is 21.9. The lowest BCUT2D eigenvalue weighted by molar-refractivity contribution is 0.0997. The minimum atomic E-state index is -3.51. The Morgan fingerprint density at radius 1 is 1.06 bits per heavy atom. The molecular weight excluding hydrogens is 430 g/mol. The first-order valence-electron chi connectivity index (χ1n) is 10.7. The van der Waals surface area contributed by atoms with Crippen LogP contribution in [-0.2, 0) is 16.6 Å². The number of benzene rings is 2. The van der Waals surface area contributed by atoms with Crippen molar-refractivity contribution in [3.8, 4) is 0 Å². The summed E-state index contributed by atoms with van der Waals surface area (Å²) in [6.07, 6.45) is 3.78. The van der Waals surface area contributed by atoms with Crippen molar-refractivity contribution in [3.63, 3.8) is 0 Å². The molecule has 6 nitrogen and oxygen atoms in total. The fourth-order valence-corrected chi connectivity index (χ4v) is 6.55. The molecule has 1 aliphatic heterocycles. The molecule has 1 amide bonds. The van der Waals surface area contributed by atoms with Crippen molar-refractivity contribution in [3.05, 3.63) is 58.4 Å². The van der Waals surface area contributed by atoms with Crippen molar-refractivity contribution >= 4 is 37.5 Å². The van der Waals surface area contributed by atoms with Gasteiger partial charge in [-0.05, 0) is 68.1 Å². The number of amides is 1. The second-order valence-electron chi connectivity index (χ2n) is 7.91. The lowest BCUT2D eigenvalue weighted by Crippen LogP contribution is -2.35. The molecule has 2 heterocycles. The molecule has 0 N–H and O–H groups in total. The standard InChI is InChI=1S/C23H27N3O3S2/c1-3-13-26-20-12-7-17(2)16-21(20)30-23(26)24-22(27)18-8-10-19(11-9-18)31(28,29)25-14-5-4-6-15-25/h7-12,16H,3-6,13-15H2,1-2H3. The summed E-state index contributed by atoms with van der Waals surface area (Å²) >= 11 is 1.50. The first-order chi connectivity index (χ1) is 14.9. The highest BCUT2D eigenvalue weighted by Gasteiger charge is 2.25. The second-order valence-corrected chi connectivity index (χ2v) is 10.9. The van der Waals surface area contributed by atoms with Gasteiger partial charge in [-0.3, -0.25) is 4.79 Å². The number of nitrogens with zero attached hydrogens (tertiary/aromatic N) is 3. The summed E-state index contributed by atoms with van der Waals surface area (Å²) in [4.78, 5) is 18.1. The zero-order valence-electron chi connectivity index (χ0n) is 17.9. The van der Waals surface area contributed by atoms with Crippen LogP contribution in [0.5, 0.6) is 0 Å². The van der Waals surface area contributed by atoms with E-state index in [2.05, 4.69) is 34.7 Å². The highest BCUT2D eigenvalue weighted by molar-refractivity contribution is 7.89. The Kier molecular flexibility index (Phi) is 6.41. The molecular formula is C23H27N3O3S2. The number of rotatable bonds is 5. The van der Waals surface area contributed by atoms with Crippen LogP contribution in [0.2, 0.25) is 0 Å². The Bertz CT molecular complexity index is 1270. The van der Waals surface area contributed by atoms with Gasteiger partial charge >= 0.3 is 0 Å². The molecule has 1 aromatic heterocycles. The van der Waals surface area contributed by atoms with Crippen LogP contribution in [0.1, 0.15) is 48.5 Å². The molecule has 1 saturated heterocycles. The number of sulfonamides is 1. The maximum atomic E-state index is 12.8. The Morgan fingerprint density at radius 2 is 1.77 bits per heavy atom. The predicted octanol–water partition coefficient (Wildman–Crippen LogP) is 4.34. The van der Waals surface area contributed by atoms with Crippen LogP contribution in [-0.4, -0.2) is 36.3 Å². The van der Waals surface area contributed by atoms with Gasteiger partial charge in [0.05, 0.1) is 15.1 Å². The zero-order valence-corrected chi connectivity index (χ0v) is 19.5. The predicted molar refractivity (Wildman–Crippen MR) is 124 cm³/mol. The molecule has 4 rings (SSSR count). The summed E-state index contributed by atoms with van der Waals surface area (Å²) in [7, 11) is -3.51. The van der Waals surface area contributed by atoms with Gasteiger partial charge in [0, 0.05) is 25.2 Å². The van der Waals surface area contributed by atoms with Crippen molar-refractivity contribution in [2.45, 2.75) is 51.0 Å². The van der Waals surface area contributed by atoms with Crippen LogP contribution in [0.15, 0.2) is 52.4 Å².